The van der Waals surface area contributed by atoms with Crippen LogP contribution in [-0.4, -0.2) is 67.6 Å². The van der Waals surface area contributed by atoms with Crippen LogP contribution >= 0.6 is 0 Å². The van der Waals surface area contributed by atoms with Gasteiger partial charge in [0.2, 0.25) is 21.8 Å². The Labute approximate surface area is 216 Å². The minimum atomic E-state index is -3.84. The van der Waals surface area contributed by atoms with E-state index in [0.717, 1.165) is 5.56 Å². The first kappa shape index (κ1) is 26.6. The standard InChI is InChI=1S/C25H32N6O5S/c26-25(27)30-14-6-10-19(23(30)33)28-22(32)15-31-21-11-5-4-9-18(21)12-13-20(24(31)34)29-37(35,36)16-17-7-2-1-3-8-17/h1-5,7-9,11,19-20,23,29,33H,6,10,12-16H2,(H3,26,27)(H,28,32)/t19-,20-,23?/m0/s1. The number of hydrogen-bond donors (Lipinski definition) is 5. The number of rotatable bonds is 7. The van der Waals surface area contributed by atoms with Crippen LogP contribution in [0.25, 0.3) is 0 Å². The van der Waals surface area contributed by atoms with Gasteiger partial charge < -0.3 is 26.0 Å². The first-order valence-corrected chi connectivity index (χ1v) is 13.8. The van der Waals surface area contributed by atoms with E-state index in [-0.39, 0.29) is 24.7 Å². The normalized spacial score (nSPS) is 22.2. The minimum absolute atomic E-state index is 0.247. The SMILES string of the molecule is N=C(N)N1CCC[C@H](NC(=O)CN2C(=O)[C@@H](NS(=O)(=O)Cc3ccccc3)CCc3ccccc32)C1O. The fraction of sp³-hybridized carbons (Fsp3) is 0.400. The lowest BCUT2D eigenvalue weighted by Crippen LogP contribution is -2.59. The highest BCUT2D eigenvalue weighted by Crippen LogP contribution is 2.27. The summed E-state index contributed by atoms with van der Waals surface area (Å²) in [5.41, 5.74) is 7.50. The number of para-hydroxylation sites is 1. The third-order valence-corrected chi connectivity index (χ3v) is 7.98. The Morgan fingerprint density at radius 2 is 1.81 bits per heavy atom. The summed E-state index contributed by atoms with van der Waals surface area (Å²) in [6.07, 6.45) is 0.658. The van der Waals surface area contributed by atoms with Crippen LogP contribution in [-0.2, 0) is 31.8 Å². The van der Waals surface area contributed by atoms with E-state index in [4.69, 9.17) is 11.1 Å². The second-order valence-electron chi connectivity index (χ2n) is 9.32. The number of nitrogens with one attached hydrogen (secondary N) is 3. The number of piperidine rings is 1. The molecule has 2 aliphatic rings. The Morgan fingerprint density at radius 3 is 2.54 bits per heavy atom. The van der Waals surface area contributed by atoms with Crippen LogP contribution in [0.15, 0.2) is 54.6 Å². The van der Waals surface area contributed by atoms with Gasteiger partial charge in [-0.2, -0.15) is 0 Å². The van der Waals surface area contributed by atoms with Crippen molar-refractivity contribution in [3.8, 4) is 0 Å². The van der Waals surface area contributed by atoms with Gasteiger partial charge in [-0.05, 0) is 42.9 Å². The number of hydrogen-bond acceptors (Lipinski definition) is 6. The van der Waals surface area contributed by atoms with E-state index in [9.17, 15) is 23.1 Å². The van der Waals surface area contributed by atoms with Crippen LogP contribution in [0.3, 0.4) is 0 Å². The van der Waals surface area contributed by atoms with E-state index in [1.54, 1.807) is 42.5 Å². The fourth-order valence-corrected chi connectivity index (χ4v) is 6.19. The van der Waals surface area contributed by atoms with E-state index in [1.165, 1.54) is 9.80 Å². The Hall–Kier alpha value is -3.48. The Bertz CT molecular complexity index is 1260. The van der Waals surface area contributed by atoms with E-state index >= 15 is 0 Å². The number of aliphatic hydroxyl groups is 1. The maximum absolute atomic E-state index is 13.6. The lowest BCUT2D eigenvalue weighted by atomic mass is 10.0. The fourth-order valence-electron chi connectivity index (χ4n) is 4.83. The molecule has 1 unspecified atom stereocenters. The average molecular weight is 529 g/mol. The molecule has 2 heterocycles. The molecule has 0 spiro atoms. The van der Waals surface area contributed by atoms with Crippen LogP contribution in [0, 0.1) is 5.41 Å². The van der Waals surface area contributed by atoms with E-state index in [1.807, 2.05) is 12.1 Å². The lowest BCUT2D eigenvalue weighted by Gasteiger charge is -2.38. The minimum Gasteiger partial charge on any atom is -0.371 e. The van der Waals surface area contributed by atoms with Crippen molar-refractivity contribution < 1.29 is 23.1 Å². The number of anilines is 1. The number of aliphatic hydroxyl groups excluding tert-OH is 1. The summed E-state index contributed by atoms with van der Waals surface area (Å²) in [6.45, 7) is 0.0573. The maximum atomic E-state index is 13.6. The number of carbonyl (C=O) groups is 2. The molecule has 1 saturated heterocycles. The monoisotopic (exact) mass is 528 g/mol. The summed E-state index contributed by atoms with van der Waals surface area (Å²) in [5, 5.41) is 20.9. The summed E-state index contributed by atoms with van der Waals surface area (Å²) in [5.74, 6) is -1.58. The number of aryl methyl sites for hydroxylation is 1. The predicted molar refractivity (Wildman–Crippen MR) is 139 cm³/mol. The number of likely N-dealkylation sites (tertiary alicyclic amines) is 1. The first-order valence-electron chi connectivity index (χ1n) is 12.2. The largest absolute Gasteiger partial charge is 0.371 e. The van der Waals surface area contributed by atoms with Gasteiger partial charge in [0.1, 0.15) is 18.8 Å². The molecule has 2 aromatic carbocycles. The number of carbonyl (C=O) groups excluding carboxylic acids is 2. The van der Waals surface area contributed by atoms with Crippen LogP contribution < -0.4 is 20.7 Å². The van der Waals surface area contributed by atoms with E-state index < -0.39 is 40.1 Å². The Morgan fingerprint density at radius 1 is 1.11 bits per heavy atom. The molecule has 4 rings (SSSR count). The molecule has 2 aliphatic heterocycles. The lowest BCUT2D eigenvalue weighted by molar-refractivity contribution is -0.126. The number of fused-ring (bicyclic) bond motifs is 1. The quantitative estimate of drug-likeness (QED) is 0.253. The van der Waals surface area contributed by atoms with Gasteiger partial charge in [-0.1, -0.05) is 48.5 Å². The van der Waals surface area contributed by atoms with Gasteiger partial charge in [-0.15, -0.1) is 0 Å². The van der Waals surface area contributed by atoms with Crippen LogP contribution in [0.4, 0.5) is 5.69 Å². The number of benzene rings is 2. The van der Waals surface area contributed by atoms with E-state index in [2.05, 4.69) is 10.0 Å². The van der Waals surface area contributed by atoms with E-state index in [0.29, 0.717) is 37.1 Å². The zero-order valence-electron chi connectivity index (χ0n) is 20.3. The first-order chi connectivity index (χ1) is 17.6. The molecule has 0 radical (unpaired) electrons. The van der Waals surface area contributed by atoms with Gasteiger partial charge in [0.15, 0.2) is 5.96 Å². The highest BCUT2D eigenvalue weighted by atomic mass is 32.2. The molecule has 0 saturated carbocycles. The van der Waals surface area contributed by atoms with Gasteiger partial charge in [-0.3, -0.25) is 15.0 Å². The third kappa shape index (κ3) is 6.45. The smallest absolute Gasteiger partial charge is 0.245 e. The van der Waals surface area contributed by atoms with Gasteiger partial charge >= 0.3 is 0 Å². The Balaban J connectivity index is 1.51. The molecule has 6 N–H and O–H groups in total. The maximum Gasteiger partial charge on any atom is 0.245 e. The predicted octanol–water partition coefficient (Wildman–Crippen LogP) is 0.246. The van der Waals surface area contributed by atoms with Crippen LogP contribution in [0.5, 0.6) is 0 Å². The summed E-state index contributed by atoms with van der Waals surface area (Å²) in [7, 11) is -3.84. The second kappa shape index (κ2) is 11.3. The summed E-state index contributed by atoms with van der Waals surface area (Å²) >= 11 is 0. The van der Waals surface area contributed by atoms with Crippen molar-refractivity contribution >= 4 is 33.5 Å². The molecule has 2 amide bonds. The number of nitrogens with two attached hydrogens (primary N) is 1. The van der Waals surface area contributed by atoms with Crippen molar-refractivity contribution in [3.63, 3.8) is 0 Å². The van der Waals surface area contributed by atoms with Crippen LogP contribution in [0.2, 0.25) is 0 Å². The van der Waals surface area contributed by atoms with Crippen molar-refractivity contribution in [1.29, 1.82) is 5.41 Å². The molecule has 198 valence electrons. The Kier molecular flexibility index (Phi) is 8.10. The molecule has 1 fully saturated rings. The van der Waals surface area contributed by atoms with Gasteiger partial charge in [0, 0.05) is 12.2 Å². The second-order valence-corrected chi connectivity index (χ2v) is 11.1. The molecule has 3 atom stereocenters. The average Bonchev–Trinajstić information content (AvgIpc) is 2.97. The van der Waals surface area contributed by atoms with Crippen molar-refractivity contribution in [3.05, 3.63) is 65.7 Å². The van der Waals surface area contributed by atoms with Crippen molar-refractivity contribution in [2.24, 2.45) is 5.73 Å². The molecule has 12 heteroatoms. The van der Waals surface area contributed by atoms with Gasteiger partial charge in [0.05, 0.1) is 11.8 Å². The number of nitrogens with zero attached hydrogens (tertiary/aromatic N) is 2. The zero-order chi connectivity index (χ0) is 26.6. The van der Waals surface area contributed by atoms with Gasteiger partial charge in [-0.25, -0.2) is 13.1 Å². The summed E-state index contributed by atoms with van der Waals surface area (Å²) in [6, 6.07) is 14.2. The summed E-state index contributed by atoms with van der Waals surface area (Å²) < 4.78 is 28.3. The van der Waals surface area contributed by atoms with Gasteiger partial charge in [0.25, 0.3) is 0 Å². The van der Waals surface area contributed by atoms with Crippen LogP contribution in [0.1, 0.15) is 30.4 Å². The molecule has 11 nitrogen and oxygen atoms in total. The van der Waals surface area contributed by atoms with Crippen molar-refractivity contribution in [2.75, 3.05) is 18.0 Å². The molecule has 0 aliphatic carbocycles. The molecular formula is C25H32N6O5S. The number of amides is 2. The van der Waals surface area contributed by atoms with Crippen molar-refractivity contribution in [2.45, 2.75) is 49.7 Å². The zero-order valence-corrected chi connectivity index (χ0v) is 21.2. The molecule has 0 bridgehead atoms. The number of guanidine groups is 1. The van der Waals surface area contributed by atoms with Crippen molar-refractivity contribution in [1.82, 2.24) is 14.9 Å². The highest BCUT2D eigenvalue weighted by molar-refractivity contribution is 7.88. The molecule has 2 aromatic rings. The molecule has 37 heavy (non-hydrogen) atoms. The number of sulfonamides is 1. The molecule has 0 aromatic heterocycles. The third-order valence-electron chi connectivity index (χ3n) is 6.62. The highest BCUT2D eigenvalue weighted by Gasteiger charge is 2.36. The summed E-state index contributed by atoms with van der Waals surface area (Å²) in [4.78, 5) is 29.2. The topological polar surface area (TPSA) is 169 Å². The molecular weight excluding hydrogens is 496 g/mol.